The van der Waals surface area contributed by atoms with Crippen LogP contribution in [-0.2, 0) is 10.8 Å². The van der Waals surface area contributed by atoms with Crippen LogP contribution < -0.4 is 10.9 Å². The fourth-order valence-corrected chi connectivity index (χ4v) is 3.19. The van der Waals surface area contributed by atoms with Crippen molar-refractivity contribution < 1.29 is 9.00 Å². The van der Waals surface area contributed by atoms with Crippen LogP contribution >= 0.6 is 0 Å². The predicted molar refractivity (Wildman–Crippen MR) is 96.0 cm³/mol. The molecule has 2 aromatic carbocycles. The van der Waals surface area contributed by atoms with Crippen molar-refractivity contribution >= 4 is 33.3 Å². The summed E-state index contributed by atoms with van der Waals surface area (Å²) in [5, 5.41) is 3.53. The third-order valence-electron chi connectivity index (χ3n) is 3.83. The summed E-state index contributed by atoms with van der Waals surface area (Å²) in [4.78, 5) is 28.2. The molecule has 0 aliphatic carbocycles. The van der Waals surface area contributed by atoms with E-state index in [0.29, 0.717) is 21.7 Å². The molecule has 0 fully saturated rings. The summed E-state index contributed by atoms with van der Waals surface area (Å²) in [6.07, 6.45) is 1.57. The number of para-hydroxylation sites is 1. The van der Waals surface area contributed by atoms with E-state index in [1.807, 2.05) is 18.2 Å². The Morgan fingerprint density at radius 2 is 1.88 bits per heavy atom. The number of carbonyl (C=O) groups excluding carboxylic acids is 1. The lowest BCUT2D eigenvalue weighted by Crippen LogP contribution is -2.25. The van der Waals surface area contributed by atoms with Gasteiger partial charge in [-0.1, -0.05) is 24.3 Å². The topological polar surface area (TPSA) is 79.0 Å². The van der Waals surface area contributed by atoms with Crippen molar-refractivity contribution in [1.82, 2.24) is 4.98 Å². The first-order valence-electron chi connectivity index (χ1n) is 7.34. The van der Waals surface area contributed by atoms with Gasteiger partial charge in [0.1, 0.15) is 5.56 Å². The molecule has 0 spiro atoms. The molecule has 1 heterocycles. The maximum Gasteiger partial charge on any atom is 0.261 e. The Morgan fingerprint density at radius 1 is 1.12 bits per heavy atom. The summed E-state index contributed by atoms with van der Waals surface area (Å²) in [5.74, 6) is -0.487. The minimum Gasteiger partial charge on any atom is -0.322 e. The SMILES string of the molecule is Cc1c(C(=O)Nc2cccc(S(C)=O)c2)c(=O)[nH]c2ccccc12. The monoisotopic (exact) mass is 340 g/mol. The van der Waals surface area contributed by atoms with E-state index in [-0.39, 0.29) is 5.56 Å². The molecule has 0 aliphatic heterocycles. The lowest BCUT2D eigenvalue weighted by Gasteiger charge is -2.10. The summed E-state index contributed by atoms with van der Waals surface area (Å²) in [6, 6.07) is 14.1. The highest BCUT2D eigenvalue weighted by Crippen LogP contribution is 2.19. The Hall–Kier alpha value is -2.73. The number of hydrogen-bond donors (Lipinski definition) is 2. The van der Waals surface area contributed by atoms with Crippen molar-refractivity contribution in [3.63, 3.8) is 0 Å². The van der Waals surface area contributed by atoms with Crippen LogP contribution in [0.25, 0.3) is 10.9 Å². The van der Waals surface area contributed by atoms with E-state index in [0.717, 1.165) is 5.39 Å². The number of anilines is 1. The average Bonchev–Trinajstić information content (AvgIpc) is 2.55. The van der Waals surface area contributed by atoms with Crippen molar-refractivity contribution in [3.05, 3.63) is 70.0 Å². The fraction of sp³-hybridized carbons (Fsp3) is 0.111. The van der Waals surface area contributed by atoms with Gasteiger partial charge in [0.25, 0.3) is 11.5 Å². The minimum absolute atomic E-state index is 0.0803. The molecule has 1 amide bonds. The van der Waals surface area contributed by atoms with Crippen molar-refractivity contribution in [2.75, 3.05) is 11.6 Å². The molecular formula is C18H16N2O3S. The second-order valence-corrected chi connectivity index (χ2v) is 6.82. The average molecular weight is 340 g/mol. The van der Waals surface area contributed by atoms with Crippen LogP contribution in [0, 0.1) is 6.92 Å². The third-order valence-corrected chi connectivity index (χ3v) is 4.75. The van der Waals surface area contributed by atoms with Crippen LogP contribution in [-0.4, -0.2) is 21.4 Å². The Balaban J connectivity index is 2.02. The molecule has 0 aliphatic rings. The Labute approximate surface area is 141 Å². The Morgan fingerprint density at radius 3 is 2.62 bits per heavy atom. The molecule has 0 saturated heterocycles. The first-order valence-corrected chi connectivity index (χ1v) is 8.89. The van der Waals surface area contributed by atoms with Gasteiger partial charge in [0, 0.05) is 38.5 Å². The molecule has 2 N–H and O–H groups in total. The van der Waals surface area contributed by atoms with Gasteiger partial charge in [0.2, 0.25) is 0 Å². The number of benzene rings is 2. The van der Waals surface area contributed by atoms with Gasteiger partial charge in [0.15, 0.2) is 0 Å². The summed E-state index contributed by atoms with van der Waals surface area (Å²) in [6.45, 7) is 1.75. The maximum absolute atomic E-state index is 12.6. The van der Waals surface area contributed by atoms with Crippen LogP contribution in [0.1, 0.15) is 15.9 Å². The number of carbonyl (C=O) groups is 1. The molecular weight excluding hydrogens is 324 g/mol. The highest BCUT2D eigenvalue weighted by molar-refractivity contribution is 7.84. The number of amides is 1. The molecule has 122 valence electrons. The molecule has 3 rings (SSSR count). The van der Waals surface area contributed by atoms with E-state index in [1.165, 1.54) is 0 Å². The van der Waals surface area contributed by atoms with E-state index in [9.17, 15) is 13.8 Å². The van der Waals surface area contributed by atoms with Crippen LogP contribution in [0.15, 0.2) is 58.2 Å². The van der Waals surface area contributed by atoms with E-state index in [2.05, 4.69) is 10.3 Å². The van der Waals surface area contributed by atoms with E-state index in [1.54, 1.807) is 43.5 Å². The Kier molecular flexibility index (Phi) is 4.31. The van der Waals surface area contributed by atoms with Gasteiger partial charge in [0.05, 0.1) is 0 Å². The van der Waals surface area contributed by atoms with E-state index >= 15 is 0 Å². The summed E-state index contributed by atoms with van der Waals surface area (Å²) in [5.41, 5.74) is 1.47. The number of nitrogens with one attached hydrogen (secondary N) is 2. The number of hydrogen-bond acceptors (Lipinski definition) is 3. The Bertz CT molecular complexity index is 1020. The van der Waals surface area contributed by atoms with Crippen molar-refractivity contribution in [2.24, 2.45) is 0 Å². The second kappa shape index (κ2) is 6.41. The first kappa shape index (κ1) is 16.1. The largest absolute Gasteiger partial charge is 0.322 e. The number of pyridine rings is 1. The molecule has 0 saturated carbocycles. The van der Waals surface area contributed by atoms with E-state index < -0.39 is 22.3 Å². The summed E-state index contributed by atoms with van der Waals surface area (Å²) >= 11 is 0. The molecule has 6 heteroatoms. The van der Waals surface area contributed by atoms with Gasteiger partial charge in [-0.15, -0.1) is 0 Å². The molecule has 0 bridgehead atoms. The van der Waals surface area contributed by atoms with Gasteiger partial charge >= 0.3 is 0 Å². The van der Waals surface area contributed by atoms with Gasteiger partial charge in [-0.05, 0) is 36.8 Å². The number of rotatable bonds is 3. The normalized spacial score (nSPS) is 12.1. The molecule has 1 atom stereocenters. The summed E-state index contributed by atoms with van der Waals surface area (Å²) in [7, 11) is -1.15. The van der Waals surface area contributed by atoms with Crippen molar-refractivity contribution in [3.8, 4) is 0 Å². The highest BCUT2D eigenvalue weighted by atomic mass is 32.2. The zero-order valence-electron chi connectivity index (χ0n) is 13.3. The zero-order valence-corrected chi connectivity index (χ0v) is 14.1. The molecule has 0 radical (unpaired) electrons. The second-order valence-electron chi connectivity index (χ2n) is 5.44. The smallest absolute Gasteiger partial charge is 0.261 e. The number of aromatic nitrogens is 1. The lowest BCUT2D eigenvalue weighted by molar-refractivity contribution is 0.102. The highest BCUT2D eigenvalue weighted by Gasteiger charge is 2.17. The molecule has 5 nitrogen and oxygen atoms in total. The van der Waals surface area contributed by atoms with Crippen LogP contribution in [0.2, 0.25) is 0 Å². The van der Waals surface area contributed by atoms with Gasteiger partial charge in [-0.3, -0.25) is 13.8 Å². The van der Waals surface area contributed by atoms with Crippen LogP contribution in [0.5, 0.6) is 0 Å². The van der Waals surface area contributed by atoms with Crippen LogP contribution in [0.4, 0.5) is 5.69 Å². The molecule has 1 unspecified atom stereocenters. The maximum atomic E-state index is 12.6. The van der Waals surface area contributed by atoms with Gasteiger partial charge in [-0.2, -0.15) is 0 Å². The number of H-pyrrole nitrogens is 1. The first-order chi connectivity index (χ1) is 11.5. The molecule has 24 heavy (non-hydrogen) atoms. The zero-order chi connectivity index (χ0) is 17.3. The van der Waals surface area contributed by atoms with Crippen LogP contribution in [0.3, 0.4) is 0 Å². The summed E-state index contributed by atoms with van der Waals surface area (Å²) < 4.78 is 11.6. The predicted octanol–water partition coefficient (Wildman–Crippen LogP) is 2.83. The number of aromatic amines is 1. The number of fused-ring (bicyclic) bond motifs is 1. The minimum atomic E-state index is -1.15. The quantitative estimate of drug-likeness (QED) is 0.769. The molecule has 3 aromatic rings. The fourth-order valence-electron chi connectivity index (χ4n) is 2.63. The van der Waals surface area contributed by atoms with Crippen molar-refractivity contribution in [2.45, 2.75) is 11.8 Å². The lowest BCUT2D eigenvalue weighted by atomic mass is 10.0. The molecule has 1 aromatic heterocycles. The standard InChI is InChI=1S/C18H16N2O3S/c1-11-14-8-3-4-9-15(14)20-18(22)16(11)17(21)19-12-6-5-7-13(10-12)24(2)23/h3-10H,1-2H3,(H,19,21)(H,20,22). The van der Waals surface area contributed by atoms with Gasteiger partial charge < -0.3 is 10.3 Å². The van der Waals surface area contributed by atoms with Gasteiger partial charge in [-0.25, -0.2) is 0 Å². The number of aryl methyl sites for hydroxylation is 1. The third kappa shape index (κ3) is 3.00. The van der Waals surface area contributed by atoms with E-state index in [4.69, 9.17) is 0 Å². The van der Waals surface area contributed by atoms with Crippen molar-refractivity contribution in [1.29, 1.82) is 0 Å².